The Morgan fingerprint density at radius 2 is 1.97 bits per heavy atom. The van der Waals surface area contributed by atoms with E-state index in [1.54, 1.807) is 0 Å². The van der Waals surface area contributed by atoms with Crippen LogP contribution in [0.3, 0.4) is 0 Å². The number of allylic oxidation sites excluding steroid dienone is 2. The number of ether oxygens (including phenoxy) is 1. The van der Waals surface area contributed by atoms with E-state index in [4.69, 9.17) is 14.8 Å². The molecule has 1 aliphatic heterocycles. The highest BCUT2D eigenvalue weighted by atomic mass is 16.5. The lowest BCUT2D eigenvalue weighted by molar-refractivity contribution is 0.122. The van der Waals surface area contributed by atoms with Crippen LogP contribution in [-0.2, 0) is 11.3 Å². The van der Waals surface area contributed by atoms with Gasteiger partial charge in [-0.3, -0.25) is 4.99 Å². The van der Waals surface area contributed by atoms with Crippen LogP contribution in [0, 0.1) is 0 Å². The lowest BCUT2D eigenvalue weighted by atomic mass is 10.2. The van der Waals surface area contributed by atoms with Crippen LogP contribution in [0.2, 0.25) is 0 Å². The number of aliphatic imine (C=N–C) groups is 1. The molecule has 6 nitrogen and oxygen atoms in total. The van der Waals surface area contributed by atoms with E-state index < -0.39 is 0 Å². The van der Waals surface area contributed by atoms with Crippen molar-refractivity contribution in [3.8, 4) is 11.3 Å². The summed E-state index contributed by atoms with van der Waals surface area (Å²) in [5.74, 6) is 1.05. The van der Waals surface area contributed by atoms with Gasteiger partial charge in [-0.2, -0.15) is 9.61 Å². The highest BCUT2D eigenvalue weighted by molar-refractivity contribution is 5.77. The van der Waals surface area contributed by atoms with E-state index >= 15 is 0 Å². The largest absolute Gasteiger partial charge is 0.378 e. The van der Waals surface area contributed by atoms with Crippen molar-refractivity contribution < 1.29 is 4.74 Å². The van der Waals surface area contributed by atoms with E-state index in [2.05, 4.69) is 54.1 Å². The fourth-order valence-electron chi connectivity index (χ4n) is 3.52. The number of hydrogen-bond acceptors (Lipinski definition) is 5. The van der Waals surface area contributed by atoms with Gasteiger partial charge in [-0.1, -0.05) is 43.3 Å². The van der Waals surface area contributed by atoms with Crippen LogP contribution in [0.5, 0.6) is 0 Å². The molecule has 0 bridgehead atoms. The molecule has 1 fully saturated rings. The molecule has 0 aliphatic carbocycles. The zero-order valence-corrected chi connectivity index (χ0v) is 17.1. The van der Waals surface area contributed by atoms with Crippen molar-refractivity contribution in [3.63, 3.8) is 0 Å². The fourth-order valence-corrected chi connectivity index (χ4v) is 3.52. The van der Waals surface area contributed by atoms with Gasteiger partial charge in [0, 0.05) is 37.0 Å². The first-order chi connectivity index (χ1) is 14.2. The molecule has 4 rings (SSSR count). The van der Waals surface area contributed by atoms with Crippen molar-refractivity contribution >= 4 is 17.7 Å². The molecule has 6 heteroatoms. The average Bonchev–Trinajstić information content (AvgIpc) is 3.19. The van der Waals surface area contributed by atoms with Gasteiger partial charge in [0.25, 0.3) is 0 Å². The molecule has 29 heavy (non-hydrogen) atoms. The molecule has 0 radical (unpaired) electrons. The Labute approximate surface area is 171 Å². The summed E-state index contributed by atoms with van der Waals surface area (Å²) in [6.07, 6.45) is 5.11. The van der Waals surface area contributed by atoms with Gasteiger partial charge in [-0.15, -0.1) is 0 Å². The van der Waals surface area contributed by atoms with Crippen molar-refractivity contribution in [2.75, 3.05) is 31.2 Å². The molecule has 0 N–H and O–H groups in total. The number of morpholine rings is 1. The molecule has 3 heterocycles. The lowest BCUT2D eigenvalue weighted by Crippen LogP contribution is -2.37. The van der Waals surface area contributed by atoms with E-state index in [1.807, 2.05) is 28.9 Å². The van der Waals surface area contributed by atoms with Crippen LogP contribution >= 0.6 is 0 Å². The van der Waals surface area contributed by atoms with E-state index in [1.165, 1.54) is 5.57 Å². The summed E-state index contributed by atoms with van der Waals surface area (Å²) in [7, 11) is 0. The summed E-state index contributed by atoms with van der Waals surface area (Å²) in [6.45, 7) is 7.91. The molecule has 2 aromatic heterocycles. The van der Waals surface area contributed by atoms with E-state index in [-0.39, 0.29) is 0 Å². The maximum Gasteiger partial charge on any atom is 0.158 e. The maximum absolute atomic E-state index is 5.54. The van der Waals surface area contributed by atoms with Crippen molar-refractivity contribution in [2.45, 2.75) is 26.8 Å². The highest BCUT2D eigenvalue weighted by Crippen LogP contribution is 2.24. The molecule has 3 aromatic rings. The Hall–Kier alpha value is -2.99. The third kappa shape index (κ3) is 4.54. The molecule has 0 unspecified atom stereocenters. The third-order valence-corrected chi connectivity index (χ3v) is 4.94. The second kappa shape index (κ2) is 9.01. The number of fused-ring (bicyclic) bond motifs is 1. The van der Waals surface area contributed by atoms with Crippen LogP contribution < -0.4 is 4.90 Å². The van der Waals surface area contributed by atoms with Crippen LogP contribution in [0.4, 0.5) is 5.82 Å². The number of aromatic nitrogens is 3. The van der Waals surface area contributed by atoms with E-state index in [0.717, 1.165) is 61.1 Å². The summed E-state index contributed by atoms with van der Waals surface area (Å²) < 4.78 is 7.48. The Balaban J connectivity index is 1.72. The van der Waals surface area contributed by atoms with Gasteiger partial charge in [-0.25, -0.2) is 4.98 Å². The topological polar surface area (TPSA) is 55.0 Å². The van der Waals surface area contributed by atoms with Gasteiger partial charge in [-0.05, 0) is 18.9 Å². The summed E-state index contributed by atoms with van der Waals surface area (Å²) in [5, 5.41) is 4.86. The number of anilines is 1. The normalized spacial score (nSPS) is 15.5. The predicted molar refractivity (Wildman–Crippen MR) is 118 cm³/mol. The molecule has 0 saturated carbocycles. The molecule has 0 amide bonds. The summed E-state index contributed by atoms with van der Waals surface area (Å²) >= 11 is 0. The minimum atomic E-state index is 0.550. The first kappa shape index (κ1) is 19.3. The lowest BCUT2D eigenvalue weighted by Gasteiger charge is -2.29. The summed E-state index contributed by atoms with van der Waals surface area (Å²) in [6, 6.07) is 14.4. The van der Waals surface area contributed by atoms with Gasteiger partial charge in [0.05, 0.1) is 31.1 Å². The Morgan fingerprint density at radius 3 is 2.72 bits per heavy atom. The Kier molecular flexibility index (Phi) is 6.00. The Bertz CT molecular complexity index is 1020. The second-order valence-electron chi connectivity index (χ2n) is 7.20. The zero-order chi connectivity index (χ0) is 20.1. The standard InChI is InChI=1S/C23H27N5O/c1-3-7-18(2)16-24-17-20-14-23(27-10-12-29-13-11-27)28-22(25-20)15-21(26-28)19-8-5-4-6-9-19/h4-9,14-16H,3,10-13,17H2,1-2H3/b18-7+,24-16?. The highest BCUT2D eigenvalue weighted by Gasteiger charge is 2.18. The molecule has 1 aromatic carbocycles. The van der Waals surface area contributed by atoms with Crippen LogP contribution in [0.1, 0.15) is 26.0 Å². The fraction of sp³-hybridized carbons (Fsp3) is 0.348. The zero-order valence-electron chi connectivity index (χ0n) is 17.1. The first-order valence-electron chi connectivity index (χ1n) is 10.2. The SMILES string of the molecule is CC/C=C(\C)C=NCc1cc(N2CCOCC2)n2nc(-c3ccccc3)cc2n1. The van der Waals surface area contributed by atoms with Gasteiger partial charge < -0.3 is 9.64 Å². The quantitative estimate of drug-likeness (QED) is 0.594. The van der Waals surface area contributed by atoms with Gasteiger partial charge in [0.1, 0.15) is 5.82 Å². The number of hydrogen-bond donors (Lipinski definition) is 0. The van der Waals surface area contributed by atoms with Crippen molar-refractivity contribution in [3.05, 3.63) is 59.8 Å². The minimum Gasteiger partial charge on any atom is -0.378 e. The van der Waals surface area contributed by atoms with Gasteiger partial charge in [0.2, 0.25) is 0 Å². The van der Waals surface area contributed by atoms with Crippen molar-refractivity contribution in [1.29, 1.82) is 0 Å². The van der Waals surface area contributed by atoms with Crippen LogP contribution in [0.15, 0.2) is 59.1 Å². The average molecular weight is 390 g/mol. The number of rotatable bonds is 6. The second-order valence-corrected chi connectivity index (χ2v) is 7.20. The summed E-state index contributed by atoms with van der Waals surface area (Å²) in [4.78, 5) is 11.7. The Morgan fingerprint density at radius 1 is 1.17 bits per heavy atom. The molecule has 1 saturated heterocycles. The molecule has 150 valence electrons. The van der Waals surface area contributed by atoms with Crippen molar-refractivity contribution in [2.24, 2.45) is 4.99 Å². The molecular formula is C23H27N5O. The van der Waals surface area contributed by atoms with E-state index in [9.17, 15) is 0 Å². The number of nitrogens with zero attached hydrogens (tertiary/aromatic N) is 5. The third-order valence-electron chi connectivity index (χ3n) is 4.94. The minimum absolute atomic E-state index is 0.550. The van der Waals surface area contributed by atoms with E-state index in [0.29, 0.717) is 6.54 Å². The van der Waals surface area contributed by atoms with Gasteiger partial charge in [0.15, 0.2) is 5.65 Å². The summed E-state index contributed by atoms with van der Waals surface area (Å²) in [5.41, 5.74) is 4.98. The molecule has 1 aliphatic rings. The van der Waals surface area contributed by atoms with Crippen LogP contribution in [-0.4, -0.2) is 47.1 Å². The van der Waals surface area contributed by atoms with Crippen LogP contribution in [0.25, 0.3) is 16.9 Å². The molecule has 0 spiro atoms. The molecule has 0 atom stereocenters. The number of benzene rings is 1. The van der Waals surface area contributed by atoms with Crippen molar-refractivity contribution in [1.82, 2.24) is 14.6 Å². The molecular weight excluding hydrogens is 362 g/mol. The first-order valence-corrected chi connectivity index (χ1v) is 10.2. The smallest absolute Gasteiger partial charge is 0.158 e. The monoisotopic (exact) mass is 389 g/mol. The van der Waals surface area contributed by atoms with Gasteiger partial charge >= 0.3 is 0 Å². The maximum atomic E-state index is 5.54. The predicted octanol–water partition coefficient (Wildman–Crippen LogP) is 4.16.